The van der Waals surface area contributed by atoms with Crippen molar-refractivity contribution in [1.29, 1.82) is 0 Å². The second kappa shape index (κ2) is 9.37. The van der Waals surface area contributed by atoms with Gasteiger partial charge in [-0.05, 0) is 32.3 Å². The summed E-state index contributed by atoms with van der Waals surface area (Å²) in [7, 11) is 1.26. The van der Waals surface area contributed by atoms with E-state index < -0.39 is 23.5 Å². The number of aromatic nitrogens is 2. The van der Waals surface area contributed by atoms with E-state index in [1.165, 1.54) is 26.3 Å². The monoisotopic (exact) mass is 452 g/mol. The van der Waals surface area contributed by atoms with Crippen LogP contribution in [0.1, 0.15) is 85.0 Å². The summed E-state index contributed by atoms with van der Waals surface area (Å²) in [6.45, 7) is 3.92. The van der Waals surface area contributed by atoms with Gasteiger partial charge >= 0.3 is 5.97 Å². The number of carbonyl (C=O) groups is 3. The van der Waals surface area contributed by atoms with E-state index in [1.807, 2.05) is 37.3 Å². The summed E-state index contributed by atoms with van der Waals surface area (Å²) in [5.74, 6) is -1.26. The van der Waals surface area contributed by atoms with Crippen LogP contribution in [0.25, 0.3) is 0 Å². The van der Waals surface area contributed by atoms with E-state index in [1.54, 1.807) is 16.4 Å². The summed E-state index contributed by atoms with van der Waals surface area (Å²) in [6.07, 6.45) is 7.92. The maximum atomic E-state index is 13.9. The summed E-state index contributed by atoms with van der Waals surface area (Å²) in [5.41, 5.74) is -0.116. The maximum absolute atomic E-state index is 13.9. The molecule has 2 aromatic rings. The van der Waals surface area contributed by atoms with Crippen LogP contribution in [0.4, 0.5) is 0 Å². The summed E-state index contributed by atoms with van der Waals surface area (Å²) in [6, 6.07) is 9.33. The smallest absolute Gasteiger partial charge is 0.359 e. The standard InChI is InChI=1S/C25H32N4O4/c1-17(18-11-7-6-8-12-18)29-22(30)21-20(23(31)33-3)26-16-28(21)15-25(29,2)24(32)27-19-13-9-4-5-10-14-19/h6-8,11-12,16-17,19H,4-5,9-10,13-15H2,1-3H3,(H,27,32)/t17-,25-/m1/s1. The van der Waals surface area contributed by atoms with Crippen LogP contribution in [-0.4, -0.2) is 50.9 Å². The number of hydrogen-bond acceptors (Lipinski definition) is 5. The van der Waals surface area contributed by atoms with Crippen molar-refractivity contribution in [2.75, 3.05) is 7.11 Å². The molecule has 2 heterocycles. The fourth-order valence-electron chi connectivity index (χ4n) is 5.15. The van der Waals surface area contributed by atoms with Gasteiger partial charge in [-0.3, -0.25) is 9.59 Å². The Morgan fingerprint density at radius 3 is 2.45 bits per heavy atom. The van der Waals surface area contributed by atoms with Crippen molar-refractivity contribution < 1.29 is 19.1 Å². The number of imidazole rings is 1. The zero-order valence-corrected chi connectivity index (χ0v) is 19.5. The fourth-order valence-corrected chi connectivity index (χ4v) is 5.15. The van der Waals surface area contributed by atoms with Crippen LogP contribution in [0, 0.1) is 0 Å². The quantitative estimate of drug-likeness (QED) is 0.554. The van der Waals surface area contributed by atoms with Crippen molar-refractivity contribution >= 4 is 17.8 Å². The first-order valence-electron chi connectivity index (χ1n) is 11.7. The lowest BCUT2D eigenvalue weighted by Crippen LogP contribution is -2.65. The normalized spacial score (nSPS) is 22.3. The zero-order valence-electron chi connectivity index (χ0n) is 19.5. The number of nitrogens with one attached hydrogen (secondary N) is 1. The molecule has 8 nitrogen and oxygen atoms in total. The van der Waals surface area contributed by atoms with Gasteiger partial charge in [0.05, 0.1) is 26.0 Å². The van der Waals surface area contributed by atoms with Gasteiger partial charge in [0.25, 0.3) is 5.91 Å². The molecule has 0 bridgehead atoms. The van der Waals surface area contributed by atoms with E-state index in [4.69, 9.17) is 4.74 Å². The number of hydrogen-bond donors (Lipinski definition) is 1. The van der Waals surface area contributed by atoms with Gasteiger partial charge in [-0.2, -0.15) is 0 Å². The van der Waals surface area contributed by atoms with Gasteiger partial charge in [-0.25, -0.2) is 9.78 Å². The molecule has 2 atom stereocenters. The van der Waals surface area contributed by atoms with Gasteiger partial charge in [0.2, 0.25) is 5.91 Å². The first-order chi connectivity index (χ1) is 15.9. The average molecular weight is 453 g/mol. The average Bonchev–Trinajstić information content (AvgIpc) is 3.07. The third-order valence-electron chi connectivity index (χ3n) is 7.00. The third-order valence-corrected chi connectivity index (χ3v) is 7.00. The van der Waals surface area contributed by atoms with Crippen LogP contribution in [0.2, 0.25) is 0 Å². The fraction of sp³-hybridized carbons (Fsp3) is 0.520. The molecule has 1 N–H and O–H groups in total. The topological polar surface area (TPSA) is 93.5 Å². The molecule has 0 saturated heterocycles. The lowest BCUT2D eigenvalue weighted by Gasteiger charge is -2.47. The molecule has 0 radical (unpaired) electrons. The van der Waals surface area contributed by atoms with Crippen molar-refractivity contribution in [2.24, 2.45) is 0 Å². The third kappa shape index (κ3) is 4.26. The molecule has 176 valence electrons. The van der Waals surface area contributed by atoms with E-state index in [9.17, 15) is 14.4 Å². The SMILES string of the molecule is COC(=O)c1ncn2c1C(=O)N([C@H](C)c1ccccc1)[C@@](C)(C(=O)NC1CCCCCC1)C2. The Bertz CT molecular complexity index is 1030. The lowest BCUT2D eigenvalue weighted by molar-refractivity contribution is -0.135. The highest BCUT2D eigenvalue weighted by molar-refractivity contribution is 6.06. The molecule has 2 aliphatic rings. The zero-order chi connectivity index (χ0) is 23.6. The van der Waals surface area contributed by atoms with Gasteiger partial charge in [0, 0.05) is 6.04 Å². The van der Waals surface area contributed by atoms with Crippen molar-refractivity contribution in [2.45, 2.75) is 76.5 Å². The van der Waals surface area contributed by atoms with E-state index in [0.29, 0.717) is 0 Å². The Labute approximate surface area is 194 Å². The molecular formula is C25H32N4O4. The van der Waals surface area contributed by atoms with Crippen molar-refractivity contribution in [3.63, 3.8) is 0 Å². The van der Waals surface area contributed by atoms with Gasteiger partial charge < -0.3 is 19.5 Å². The number of fused-ring (bicyclic) bond motifs is 1. The molecule has 33 heavy (non-hydrogen) atoms. The van der Waals surface area contributed by atoms with E-state index >= 15 is 0 Å². The van der Waals surface area contributed by atoms with Gasteiger partial charge in [0.15, 0.2) is 5.69 Å². The van der Waals surface area contributed by atoms with Crippen LogP contribution in [0.3, 0.4) is 0 Å². The Morgan fingerprint density at radius 2 is 1.82 bits per heavy atom. The first-order valence-corrected chi connectivity index (χ1v) is 11.7. The molecule has 1 aliphatic carbocycles. The van der Waals surface area contributed by atoms with Crippen LogP contribution >= 0.6 is 0 Å². The van der Waals surface area contributed by atoms with Crippen LogP contribution in [0.15, 0.2) is 36.7 Å². The van der Waals surface area contributed by atoms with Crippen molar-refractivity contribution in [3.05, 3.63) is 53.6 Å². The minimum Gasteiger partial charge on any atom is -0.464 e. The highest BCUT2D eigenvalue weighted by atomic mass is 16.5. The second-order valence-corrected chi connectivity index (χ2v) is 9.26. The minimum atomic E-state index is -1.15. The lowest BCUT2D eigenvalue weighted by atomic mass is 9.90. The summed E-state index contributed by atoms with van der Waals surface area (Å²) < 4.78 is 6.44. The predicted molar refractivity (Wildman–Crippen MR) is 123 cm³/mol. The molecule has 4 rings (SSSR count). The predicted octanol–water partition coefficient (Wildman–Crippen LogP) is 3.48. The van der Waals surface area contributed by atoms with E-state index in [2.05, 4.69) is 10.3 Å². The number of esters is 1. The molecule has 1 aromatic carbocycles. The number of methoxy groups -OCH3 is 1. The highest BCUT2D eigenvalue weighted by Gasteiger charge is 2.51. The Morgan fingerprint density at radius 1 is 1.15 bits per heavy atom. The number of rotatable bonds is 5. The summed E-state index contributed by atoms with van der Waals surface area (Å²) >= 11 is 0. The molecule has 2 amide bonds. The number of amides is 2. The highest BCUT2D eigenvalue weighted by Crippen LogP contribution is 2.36. The molecule has 1 aromatic heterocycles. The van der Waals surface area contributed by atoms with Crippen LogP contribution in [0.5, 0.6) is 0 Å². The molecule has 1 aliphatic heterocycles. The second-order valence-electron chi connectivity index (χ2n) is 9.26. The van der Waals surface area contributed by atoms with E-state index in [-0.39, 0.29) is 29.9 Å². The molecule has 1 fully saturated rings. The number of nitrogens with zero attached hydrogens (tertiary/aromatic N) is 3. The molecular weight excluding hydrogens is 420 g/mol. The Kier molecular flexibility index (Phi) is 6.54. The van der Waals surface area contributed by atoms with Gasteiger partial charge in [-0.1, -0.05) is 56.0 Å². The van der Waals surface area contributed by atoms with Crippen LogP contribution in [-0.2, 0) is 16.1 Å². The summed E-state index contributed by atoms with van der Waals surface area (Å²) in [5, 5.41) is 3.24. The first kappa shape index (κ1) is 23.0. The maximum Gasteiger partial charge on any atom is 0.359 e. The Balaban J connectivity index is 1.74. The molecule has 1 saturated carbocycles. The molecule has 0 spiro atoms. The number of benzene rings is 1. The number of carbonyl (C=O) groups excluding carboxylic acids is 3. The largest absolute Gasteiger partial charge is 0.464 e. The number of ether oxygens (including phenoxy) is 1. The Hall–Kier alpha value is -3.16. The summed E-state index contributed by atoms with van der Waals surface area (Å²) in [4.78, 5) is 45.7. The van der Waals surface area contributed by atoms with E-state index in [0.717, 1.165) is 31.2 Å². The minimum absolute atomic E-state index is 0.0287. The molecule has 0 unspecified atom stereocenters. The van der Waals surface area contributed by atoms with Crippen molar-refractivity contribution in [1.82, 2.24) is 19.8 Å². The van der Waals surface area contributed by atoms with Gasteiger partial charge in [0.1, 0.15) is 11.2 Å². The molecule has 8 heteroatoms. The van der Waals surface area contributed by atoms with Crippen molar-refractivity contribution in [3.8, 4) is 0 Å². The van der Waals surface area contributed by atoms with Gasteiger partial charge in [-0.15, -0.1) is 0 Å². The van der Waals surface area contributed by atoms with Crippen LogP contribution < -0.4 is 5.32 Å².